The summed E-state index contributed by atoms with van der Waals surface area (Å²) in [6.45, 7) is 5.19. The molecule has 4 rings (SSSR count). The van der Waals surface area contributed by atoms with E-state index in [1.54, 1.807) is 0 Å². The van der Waals surface area contributed by atoms with Crippen molar-refractivity contribution in [2.24, 2.45) is 5.92 Å². The van der Waals surface area contributed by atoms with Gasteiger partial charge in [0, 0.05) is 30.5 Å². The Kier molecular flexibility index (Phi) is 6.33. The van der Waals surface area contributed by atoms with Crippen LogP contribution in [0, 0.1) is 5.92 Å². The van der Waals surface area contributed by atoms with Crippen LogP contribution in [0.15, 0.2) is 34.9 Å². The van der Waals surface area contributed by atoms with Gasteiger partial charge in [-0.2, -0.15) is 0 Å². The quantitative estimate of drug-likeness (QED) is 0.826. The molecule has 0 radical (unpaired) electrons. The van der Waals surface area contributed by atoms with E-state index in [1.807, 2.05) is 17.2 Å². The number of piperidine rings is 2. The molecule has 2 fully saturated rings. The number of carbonyl (C=O) groups is 1. The molecule has 2 aliphatic heterocycles. The van der Waals surface area contributed by atoms with Crippen molar-refractivity contribution in [2.45, 2.75) is 44.4 Å². The number of benzene rings is 1. The summed E-state index contributed by atoms with van der Waals surface area (Å²) in [7, 11) is 0. The zero-order valence-electron chi connectivity index (χ0n) is 16.7. The van der Waals surface area contributed by atoms with Crippen LogP contribution in [0.3, 0.4) is 0 Å². The summed E-state index contributed by atoms with van der Waals surface area (Å²) in [5, 5.41) is 10.2. The first-order chi connectivity index (χ1) is 13.7. The predicted octanol–water partition coefficient (Wildman–Crippen LogP) is 3.62. The number of hydrogen-bond acceptors (Lipinski definition) is 4. The third kappa shape index (κ3) is 4.41. The van der Waals surface area contributed by atoms with Crippen LogP contribution >= 0.6 is 0 Å². The monoisotopic (exact) mass is 384 g/mol. The van der Waals surface area contributed by atoms with Crippen LogP contribution < -0.4 is 0 Å². The molecule has 1 aromatic carbocycles. The van der Waals surface area contributed by atoms with Gasteiger partial charge in [0.05, 0.1) is 12.9 Å². The molecule has 0 atom stereocenters. The molecule has 5 heteroatoms. The average Bonchev–Trinajstić information content (AvgIpc) is 3.17. The topological polar surface area (TPSA) is 56.9 Å². The Bertz CT molecular complexity index is 771. The fourth-order valence-electron chi connectivity index (χ4n) is 4.87. The first-order valence-corrected chi connectivity index (χ1v) is 10.8. The van der Waals surface area contributed by atoms with E-state index in [2.05, 4.69) is 23.1 Å². The van der Waals surface area contributed by atoms with Crippen LogP contribution in [0.1, 0.15) is 50.0 Å². The lowest BCUT2D eigenvalue weighted by Crippen LogP contribution is -2.40. The van der Waals surface area contributed by atoms with Crippen molar-refractivity contribution in [3.05, 3.63) is 36.1 Å². The fourth-order valence-corrected chi connectivity index (χ4v) is 4.87. The minimum absolute atomic E-state index is 0.0384. The van der Waals surface area contributed by atoms with Gasteiger partial charge in [-0.3, -0.25) is 4.79 Å². The number of rotatable bonds is 6. The van der Waals surface area contributed by atoms with Gasteiger partial charge >= 0.3 is 0 Å². The van der Waals surface area contributed by atoms with Gasteiger partial charge in [-0.25, -0.2) is 0 Å². The van der Waals surface area contributed by atoms with Gasteiger partial charge in [-0.05, 0) is 69.6 Å². The molecule has 2 aromatic rings. The number of likely N-dealkylation sites (tertiary alicyclic amines) is 2. The van der Waals surface area contributed by atoms with Crippen molar-refractivity contribution in [3.63, 3.8) is 0 Å². The highest BCUT2D eigenvalue weighted by Gasteiger charge is 2.26. The maximum Gasteiger partial charge on any atom is 0.224 e. The van der Waals surface area contributed by atoms with Gasteiger partial charge < -0.3 is 19.3 Å². The van der Waals surface area contributed by atoms with Gasteiger partial charge in [0.15, 0.2) is 0 Å². The molecule has 1 amide bonds. The summed E-state index contributed by atoms with van der Waals surface area (Å²) in [6.07, 6.45) is 8.10. The van der Waals surface area contributed by atoms with Crippen LogP contribution in [0.5, 0.6) is 0 Å². The smallest absolute Gasteiger partial charge is 0.224 e. The zero-order chi connectivity index (χ0) is 19.3. The van der Waals surface area contributed by atoms with E-state index in [0.717, 1.165) is 50.5 Å². The van der Waals surface area contributed by atoms with E-state index in [4.69, 9.17) is 9.52 Å². The summed E-state index contributed by atoms with van der Waals surface area (Å²) in [6, 6.07) is 8.36. The second-order valence-corrected chi connectivity index (χ2v) is 8.39. The highest BCUT2D eigenvalue weighted by atomic mass is 16.3. The second-order valence-electron chi connectivity index (χ2n) is 8.39. The molecular formula is C23H32N2O3. The third-order valence-corrected chi connectivity index (χ3v) is 6.68. The molecule has 0 unspecified atom stereocenters. The van der Waals surface area contributed by atoms with Crippen molar-refractivity contribution in [3.8, 4) is 0 Å². The van der Waals surface area contributed by atoms with Crippen LogP contribution in [-0.4, -0.2) is 60.1 Å². The molecule has 0 spiro atoms. The molecule has 1 N–H and O–H groups in total. The van der Waals surface area contributed by atoms with Crippen molar-refractivity contribution in [2.75, 3.05) is 39.3 Å². The Morgan fingerprint density at radius 3 is 2.57 bits per heavy atom. The molecule has 28 heavy (non-hydrogen) atoms. The highest BCUT2D eigenvalue weighted by molar-refractivity contribution is 5.81. The normalized spacial score (nSPS) is 20.1. The average molecular weight is 385 g/mol. The maximum atomic E-state index is 11.9. The Morgan fingerprint density at radius 1 is 1.07 bits per heavy atom. The van der Waals surface area contributed by atoms with Crippen LogP contribution in [0.25, 0.3) is 11.0 Å². The summed E-state index contributed by atoms with van der Waals surface area (Å²) in [5.41, 5.74) is 2.39. The molecule has 2 saturated heterocycles. The summed E-state index contributed by atoms with van der Waals surface area (Å²) in [4.78, 5) is 16.4. The van der Waals surface area contributed by atoms with Crippen molar-refractivity contribution in [1.29, 1.82) is 0 Å². The molecule has 3 heterocycles. The van der Waals surface area contributed by atoms with Crippen LogP contribution in [-0.2, 0) is 4.79 Å². The number of carbonyl (C=O) groups excluding carboxylic acids is 1. The SMILES string of the molecule is O=C(CCO)N1CCC(CCN2CCC(c3coc4ccccc34)CC2)CC1. The molecule has 152 valence electrons. The van der Waals surface area contributed by atoms with Gasteiger partial charge in [0.2, 0.25) is 5.91 Å². The lowest BCUT2D eigenvalue weighted by molar-refractivity contribution is -0.133. The molecule has 5 nitrogen and oxygen atoms in total. The third-order valence-electron chi connectivity index (χ3n) is 6.68. The number of amides is 1. The number of aliphatic hydroxyl groups excluding tert-OH is 1. The predicted molar refractivity (Wildman–Crippen MR) is 110 cm³/mol. The number of aliphatic hydroxyl groups is 1. The lowest BCUT2D eigenvalue weighted by atomic mass is 9.88. The van der Waals surface area contributed by atoms with E-state index in [9.17, 15) is 4.79 Å². The first kappa shape index (κ1) is 19.5. The van der Waals surface area contributed by atoms with E-state index >= 15 is 0 Å². The Labute approximate surface area is 167 Å². The van der Waals surface area contributed by atoms with Crippen molar-refractivity contribution < 1.29 is 14.3 Å². The Morgan fingerprint density at radius 2 is 1.82 bits per heavy atom. The molecule has 2 aliphatic rings. The first-order valence-electron chi connectivity index (χ1n) is 10.8. The van der Waals surface area contributed by atoms with E-state index in [0.29, 0.717) is 5.92 Å². The maximum absolute atomic E-state index is 11.9. The van der Waals surface area contributed by atoms with Gasteiger partial charge in [0.1, 0.15) is 5.58 Å². The Balaban J connectivity index is 1.20. The number of para-hydroxylation sites is 1. The van der Waals surface area contributed by atoms with Gasteiger partial charge in [0.25, 0.3) is 0 Å². The summed E-state index contributed by atoms with van der Waals surface area (Å²) >= 11 is 0. The van der Waals surface area contributed by atoms with Crippen LogP contribution in [0.4, 0.5) is 0 Å². The second kappa shape index (κ2) is 9.10. The molecular weight excluding hydrogens is 352 g/mol. The van der Waals surface area contributed by atoms with E-state index < -0.39 is 0 Å². The van der Waals surface area contributed by atoms with E-state index in [1.165, 1.54) is 36.8 Å². The molecule has 0 aliphatic carbocycles. The lowest BCUT2D eigenvalue weighted by Gasteiger charge is -2.35. The molecule has 0 bridgehead atoms. The minimum Gasteiger partial charge on any atom is -0.464 e. The van der Waals surface area contributed by atoms with Crippen molar-refractivity contribution in [1.82, 2.24) is 9.80 Å². The summed E-state index contributed by atoms with van der Waals surface area (Å²) in [5.74, 6) is 1.45. The standard InChI is InChI=1S/C23H32N2O3/c26-16-10-23(27)25-14-6-18(7-15-25)5-11-24-12-8-19(9-13-24)21-17-28-22-4-2-1-3-20(21)22/h1-4,17-19,26H,5-16H2. The number of nitrogens with zero attached hydrogens (tertiary/aromatic N) is 2. The van der Waals surface area contributed by atoms with Gasteiger partial charge in [-0.15, -0.1) is 0 Å². The van der Waals surface area contributed by atoms with Gasteiger partial charge in [-0.1, -0.05) is 18.2 Å². The largest absolute Gasteiger partial charge is 0.464 e. The van der Waals surface area contributed by atoms with Crippen molar-refractivity contribution >= 4 is 16.9 Å². The fraction of sp³-hybridized carbons (Fsp3) is 0.609. The zero-order valence-corrected chi connectivity index (χ0v) is 16.7. The summed E-state index contributed by atoms with van der Waals surface area (Å²) < 4.78 is 5.74. The molecule has 1 aromatic heterocycles. The number of furan rings is 1. The van der Waals surface area contributed by atoms with E-state index in [-0.39, 0.29) is 18.9 Å². The minimum atomic E-state index is -0.0384. The Hall–Kier alpha value is -1.85. The number of fused-ring (bicyclic) bond motifs is 1. The number of hydrogen-bond donors (Lipinski definition) is 1. The molecule has 0 saturated carbocycles. The highest BCUT2D eigenvalue weighted by Crippen LogP contribution is 2.34. The van der Waals surface area contributed by atoms with Crippen LogP contribution in [0.2, 0.25) is 0 Å².